The van der Waals surface area contributed by atoms with E-state index >= 15 is 0 Å². The molecule has 11 heteroatoms. The average molecular weight is 468 g/mol. The van der Waals surface area contributed by atoms with Gasteiger partial charge in [0, 0.05) is 6.20 Å². The highest BCUT2D eigenvalue weighted by molar-refractivity contribution is 7.90. The molecule has 1 aromatic carbocycles. The number of aromatic hydroxyl groups is 1. The zero-order valence-electron chi connectivity index (χ0n) is 16.2. The van der Waals surface area contributed by atoms with Crippen LogP contribution in [0.2, 0.25) is 5.15 Å². The number of fused-ring (bicyclic) bond motifs is 2. The van der Waals surface area contributed by atoms with Gasteiger partial charge in [0.25, 0.3) is 15.6 Å². The molecule has 3 aromatic heterocycles. The molecule has 0 saturated heterocycles. The van der Waals surface area contributed by atoms with Crippen molar-refractivity contribution in [1.29, 1.82) is 0 Å². The lowest BCUT2D eigenvalue weighted by Gasteiger charge is -2.20. The van der Waals surface area contributed by atoms with E-state index < -0.39 is 21.3 Å². The van der Waals surface area contributed by atoms with Crippen molar-refractivity contribution in [2.24, 2.45) is 4.40 Å². The third kappa shape index (κ3) is 3.29. The zero-order chi connectivity index (χ0) is 22.5. The fourth-order valence-corrected chi connectivity index (χ4v) is 4.85. The molecule has 0 bridgehead atoms. The van der Waals surface area contributed by atoms with Gasteiger partial charge in [0.15, 0.2) is 5.84 Å². The van der Waals surface area contributed by atoms with Crippen LogP contribution in [0.3, 0.4) is 0 Å². The van der Waals surface area contributed by atoms with E-state index in [1.165, 1.54) is 16.8 Å². The highest BCUT2D eigenvalue weighted by atomic mass is 35.5. The van der Waals surface area contributed by atoms with Crippen LogP contribution in [0.25, 0.3) is 11.0 Å². The SMILES string of the molecule is O=c1c(C2=NS(=O)(=O)c3ccccc3N2)c(O)c2cccnc2n1Cc1cccc(Cl)n1. The third-order valence-electron chi connectivity index (χ3n) is 4.95. The zero-order valence-corrected chi connectivity index (χ0v) is 17.8. The molecule has 1 aliphatic heterocycles. The van der Waals surface area contributed by atoms with Gasteiger partial charge in [0.05, 0.1) is 23.3 Å². The van der Waals surface area contributed by atoms with E-state index in [9.17, 15) is 18.3 Å². The second-order valence-electron chi connectivity index (χ2n) is 6.98. The molecule has 0 radical (unpaired) electrons. The van der Waals surface area contributed by atoms with Crippen molar-refractivity contribution in [2.45, 2.75) is 11.4 Å². The fraction of sp³-hybridized carbons (Fsp3) is 0.0476. The first-order valence-corrected chi connectivity index (χ1v) is 11.2. The summed E-state index contributed by atoms with van der Waals surface area (Å²) in [7, 11) is -4.08. The quantitative estimate of drug-likeness (QED) is 0.443. The largest absolute Gasteiger partial charge is 0.506 e. The van der Waals surface area contributed by atoms with Gasteiger partial charge in [0.1, 0.15) is 27.0 Å². The van der Waals surface area contributed by atoms with Gasteiger partial charge in [-0.25, -0.2) is 9.97 Å². The van der Waals surface area contributed by atoms with E-state index in [1.54, 1.807) is 48.5 Å². The number of nitrogens with one attached hydrogen (secondary N) is 1. The minimum absolute atomic E-state index is 0.00317. The topological polar surface area (TPSA) is 127 Å². The minimum Gasteiger partial charge on any atom is -0.506 e. The Morgan fingerprint density at radius 1 is 1.06 bits per heavy atom. The number of benzene rings is 1. The first-order chi connectivity index (χ1) is 15.3. The Kier molecular flexibility index (Phi) is 4.68. The van der Waals surface area contributed by atoms with Crippen molar-refractivity contribution in [3.63, 3.8) is 0 Å². The number of rotatable bonds is 3. The Morgan fingerprint density at radius 2 is 1.88 bits per heavy atom. The molecule has 0 saturated carbocycles. The first kappa shape index (κ1) is 20.2. The molecular formula is C21H14ClN5O4S. The maximum atomic E-state index is 13.5. The molecule has 0 amide bonds. The number of aromatic nitrogens is 3. The van der Waals surface area contributed by atoms with Gasteiger partial charge in [0.2, 0.25) is 0 Å². The number of hydrogen-bond donors (Lipinski definition) is 2. The van der Waals surface area contributed by atoms with Crippen LogP contribution in [0, 0.1) is 0 Å². The number of halogens is 1. The van der Waals surface area contributed by atoms with Gasteiger partial charge in [-0.2, -0.15) is 8.42 Å². The number of nitrogens with zero attached hydrogens (tertiary/aromatic N) is 4. The van der Waals surface area contributed by atoms with Crippen molar-refractivity contribution >= 4 is 44.2 Å². The molecule has 160 valence electrons. The Morgan fingerprint density at radius 3 is 2.69 bits per heavy atom. The van der Waals surface area contributed by atoms with Crippen LogP contribution >= 0.6 is 11.6 Å². The summed E-state index contributed by atoms with van der Waals surface area (Å²) < 4.78 is 30.5. The standard InChI is InChI=1S/C21H14ClN5O4S/c22-16-9-3-5-12(24-16)11-27-20-13(6-4-10-23-20)18(28)17(21(27)29)19-25-14-7-1-2-8-15(14)32(30,31)26-19/h1-10,28H,11H2,(H,25,26). The molecule has 4 heterocycles. The number of anilines is 1. The van der Waals surface area contributed by atoms with Crippen LogP contribution < -0.4 is 10.9 Å². The molecule has 32 heavy (non-hydrogen) atoms. The molecule has 9 nitrogen and oxygen atoms in total. The summed E-state index contributed by atoms with van der Waals surface area (Å²) in [4.78, 5) is 21.9. The first-order valence-electron chi connectivity index (χ1n) is 9.38. The molecule has 0 unspecified atom stereocenters. The van der Waals surface area contributed by atoms with E-state index in [4.69, 9.17) is 11.6 Å². The summed E-state index contributed by atoms with van der Waals surface area (Å²) in [6.07, 6.45) is 1.49. The van der Waals surface area contributed by atoms with Gasteiger partial charge in [-0.05, 0) is 36.4 Å². The van der Waals surface area contributed by atoms with E-state index in [0.29, 0.717) is 5.69 Å². The molecule has 4 aromatic rings. The number of hydrogen-bond acceptors (Lipinski definition) is 7. The van der Waals surface area contributed by atoms with Crippen LogP contribution in [0.4, 0.5) is 5.69 Å². The van der Waals surface area contributed by atoms with Gasteiger partial charge in [-0.1, -0.05) is 29.8 Å². The van der Waals surface area contributed by atoms with Crippen molar-refractivity contribution in [3.8, 4) is 5.75 Å². The maximum Gasteiger partial charge on any atom is 0.286 e. The lowest BCUT2D eigenvalue weighted by molar-refractivity contribution is 0.477. The minimum atomic E-state index is -4.08. The summed E-state index contributed by atoms with van der Waals surface area (Å²) in [5, 5.41) is 14.3. The van der Waals surface area contributed by atoms with Crippen LogP contribution in [-0.4, -0.2) is 33.9 Å². The fourth-order valence-electron chi connectivity index (χ4n) is 3.55. The summed E-state index contributed by atoms with van der Waals surface area (Å²) in [6, 6.07) is 14.4. The Balaban J connectivity index is 1.77. The molecule has 2 N–H and O–H groups in total. The smallest absolute Gasteiger partial charge is 0.286 e. The number of pyridine rings is 3. The second-order valence-corrected chi connectivity index (χ2v) is 8.94. The molecule has 0 spiro atoms. The van der Waals surface area contributed by atoms with E-state index in [0.717, 1.165) is 0 Å². The molecule has 0 aliphatic carbocycles. The maximum absolute atomic E-state index is 13.5. The van der Waals surface area contributed by atoms with Gasteiger partial charge in [-0.15, -0.1) is 4.40 Å². The van der Waals surface area contributed by atoms with Gasteiger partial charge in [-0.3, -0.25) is 9.36 Å². The summed E-state index contributed by atoms with van der Waals surface area (Å²) in [5.74, 6) is -0.695. The molecule has 5 rings (SSSR count). The van der Waals surface area contributed by atoms with Crippen molar-refractivity contribution in [1.82, 2.24) is 14.5 Å². The molecule has 0 atom stereocenters. The number of amidine groups is 1. The van der Waals surface area contributed by atoms with E-state index in [2.05, 4.69) is 19.7 Å². The lowest BCUT2D eigenvalue weighted by atomic mass is 10.1. The van der Waals surface area contributed by atoms with Crippen molar-refractivity contribution in [3.05, 3.63) is 87.6 Å². The van der Waals surface area contributed by atoms with Crippen LogP contribution in [0.15, 0.2) is 74.9 Å². The molecular weight excluding hydrogens is 454 g/mol. The monoisotopic (exact) mass is 467 g/mol. The predicted molar refractivity (Wildman–Crippen MR) is 120 cm³/mol. The van der Waals surface area contributed by atoms with E-state index in [1.807, 2.05) is 0 Å². The van der Waals surface area contributed by atoms with Gasteiger partial charge >= 0.3 is 0 Å². The third-order valence-corrected chi connectivity index (χ3v) is 6.50. The highest BCUT2D eigenvalue weighted by Crippen LogP contribution is 2.31. The van der Waals surface area contributed by atoms with Crippen LogP contribution in [0.1, 0.15) is 11.3 Å². The van der Waals surface area contributed by atoms with Crippen molar-refractivity contribution < 1.29 is 13.5 Å². The number of sulfonamides is 1. The lowest BCUT2D eigenvalue weighted by Crippen LogP contribution is -2.33. The average Bonchev–Trinajstić information content (AvgIpc) is 2.76. The van der Waals surface area contributed by atoms with E-state index in [-0.39, 0.29) is 44.7 Å². The summed E-state index contributed by atoms with van der Waals surface area (Å²) >= 11 is 5.98. The summed E-state index contributed by atoms with van der Waals surface area (Å²) in [6.45, 7) is -0.00317. The Hall–Kier alpha value is -3.76. The van der Waals surface area contributed by atoms with Crippen molar-refractivity contribution in [2.75, 3.05) is 5.32 Å². The molecule has 1 aliphatic rings. The Bertz CT molecular complexity index is 1600. The second kappa shape index (κ2) is 7.43. The number of para-hydroxylation sites is 1. The Labute approximate surface area is 186 Å². The van der Waals surface area contributed by atoms with Gasteiger partial charge < -0.3 is 10.4 Å². The van der Waals surface area contributed by atoms with Crippen LogP contribution in [-0.2, 0) is 16.6 Å². The highest BCUT2D eigenvalue weighted by Gasteiger charge is 2.29. The summed E-state index contributed by atoms with van der Waals surface area (Å²) in [5.41, 5.74) is -0.0209. The molecule has 0 fully saturated rings. The van der Waals surface area contributed by atoms with Crippen LogP contribution in [0.5, 0.6) is 5.75 Å². The normalized spacial score (nSPS) is 14.5. The predicted octanol–water partition coefficient (Wildman–Crippen LogP) is 2.76.